The van der Waals surface area contributed by atoms with Crippen molar-refractivity contribution < 1.29 is 14.6 Å². The Morgan fingerprint density at radius 1 is 1.26 bits per heavy atom. The number of carbonyl (C=O) groups excluding carboxylic acids is 1. The SMILES string of the molecule is COCCn1c(O)c(C=O)c2c(C)nc(-c3ccccc3)nc21. The number of aldehydes is 1. The third kappa shape index (κ3) is 2.57. The number of carbonyl (C=O) groups is 1. The molecule has 0 aliphatic rings. The minimum absolute atomic E-state index is 0.102. The summed E-state index contributed by atoms with van der Waals surface area (Å²) in [5.74, 6) is 0.457. The Morgan fingerprint density at radius 3 is 2.65 bits per heavy atom. The number of rotatable bonds is 5. The van der Waals surface area contributed by atoms with E-state index in [2.05, 4.69) is 9.97 Å². The van der Waals surface area contributed by atoms with E-state index in [1.54, 1.807) is 11.7 Å². The molecule has 1 aromatic carbocycles. The molecule has 2 aromatic heterocycles. The molecule has 2 heterocycles. The van der Waals surface area contributed by atoms with Gasteiger partial charge in [-0.3, -0.25) is 9.36 Å². The summed E-state index contributed by atoms with van der Waals surface area (Å²) >= 11 is 0. The lowest BCUT2D eigenvalue weighted by molar-refractivity contribution is 0.112. The molecule has 0 saturated carbocycles. The number of methoxy groups -OCH3 is 1. The molecule has 1 N–H and O–H groups in total. The molecule has 0 saturated heterocycles. The van der Waals surface area contributed by atoms with E-state index in [4.69, 9.17) is 4.74 Å². The largest absolute Gasteiger partial charge is 0.494 e. The predicted octanol–water partition coefficient (Wildman–Crippen LogP) is 2.57. The molecule has 3 rings (SSSR count). The van der Waals surface area contributed by atoms with Crippen molar-refractivity contribution >= 4 is 17.3 Å². The van der Waals surface area contributed by atoms with Crippen molar-refractivity contribution in [1.82, 2.24) is 14.5 Å². The molecular formula is C17H17N3O3. The molecule has 0 radical (unpaired) electrons. The van der Waals surface area contributed by atoms with Crippen molar-refractivity contribution in [3.63, 3.8) is 0 Å². The van der Waals surface area contributed by atoms with Crippen LogP contribution in [0, 0.1) is 6.92 Å². The first kappa shape index (κ1) is 15.2. The van der Waals surface area contributed by atoms with Crippen LogP contribution in [0.3, 0.4) is 0 Å². The van der Waals surface area contributed by atoms with Crippen LogP contribution in [0.1, 0.15) is 16.1 Å². The normalized spacial score (nSPS) is 11.0. The zero-order valence-corrected chi connectivity index (χ0v) is 13.0. The number of aromatic hydroxyl groups is 1. The summed E-state index contributed by atoms with van der Waals surface area (Å²) in [4.78, 5) is 20.4. The Morgan fingerprint density at radius 2 is 2.00 bits per heavy atom. The molecule has 118 valence electrons. The number of aryl methyl sites for hydroxylation is 1. The van der Waals surface area contributed by atoms with Crippen LogP contribution in [0.25, 0.3) is 22.4 Å². The topological polar surface area (TPSA) is 77.2 Å². The quantitative estimate of drug-likeness (QED) is 0.733. The first-order chi connectivity index (χ1) is 11.2. The highest BCUT2D eigenvalue weighted by molar-refractivity contribution is 6.01. The van der Waals surface area contributed by atoms with Gasteiger partial charge in [-0.25, -0.2) is 9.97 Å². The Bertz CT molecular complexity index is 857. The van der Waals surface area contributed by atoms with E-state index in [1.807, 2.05) is 37.3 Å². The lowest BCUT2D eigenvalue weighted by Crippen LogP contribution is -2.05. The molecule has 0 amide bonds. The van der Waals surface area contributed by atoms with Crippen LogP contribution in [0.4, 0.5) is 0 Å². The van der Waals surface area contributed by atoms with Crippen molar-refractivity contribution in [2.45, 2.75) is 13.5 Å². The van der Waals surface area contributed by atoms with Crippen LogP contribution in [-0.2, 0) is 11.3 Å². The molecule has 6 heteroatoms. The van der Waals surface area contributed by atoms with E-state index in [1.165, 1.54) is 0 Å². The van der Waals surface area contributed by atoms with Crippen molar-refractivity contribution in [3.05, 3.63) is 41.6 Å². The van der Waals surface area contributed by atoms with Crippen LogP contribution in [0.15, 0.2) is 30.3 Å². The zero-order chi connectivity index (χ0) is 16.4. The highest BCUT2D eigenvalue weighted by Crippen LogP contribution is 2.32. The summed E-state index contributed by atoms with van der Waals surface area (Å²) < 4.78 is 6.66. The number of nitrogens with zero attached hydrogens (tertiary/aromatic N) is 3. The fourth-order valence-corrected chi connectivity index (χ4v) is 2.65. The maximum atomic E-state index is 11.4. The minimum atomic E-state index is -0.102. The number of aromatic nitrogens is 3. The van der Waals surface area contributed by atoms with Gasteiger partial charge >= 0.3 is 0 Å². The summed E-state index contributed by atoms with van der Waals surface area (Å²) in [6.07, 6.45) is 0.638. The van der Waals surface area contributed by atoms with E-state index in [0.717, 1.165) is 5.56 Å². The van der Waals surface area contributed by atoms with Gasteiger partial charge in [-0.05, 0) is 6.92 Å². The van der Waals surface area contributed by atoms with E-state index in [0.29, 0.717) is 42.0 Å². The Kier molecular flexibility index (Phi) is 4.08. The third-order valence-electron chi connectivity index (χ3n) is 3.76. The molecular weight excluding hydrogens is 294 g/mol. The van der Waals surface area contributed by atoms with Crippen molar-refractivity contribution in [3.8, 4) is 17.3 Å². The molecule has 3 aromatic rings. The second kappa shape index (κ2) is 6.18. The Hall–Kier alpha value is -2.73. The molecule has 6 nitrogen and oxygen atoms in total. The Labute approximate surface area is 133 Å². The van der Waals surface area contributed by atoms with Gasteiger partial charge in [0.2, 0.25) is 5.88 Å². The van der Waals surface area contributed by atoms with Crippen molar-refractivity contribution in [2.75, 3.05) is 13.7 Å². The Balaban J connectivity index is 2.27. The zero-order valence-electron chi connectivity index (χ0n) is 13.0. The van der Waals surface area contributed by atoms with Gasteiger partial charge < -0.3 is 9.84 Å². The monoisotopic (exact) mass is 311 g/mol. The summed E-state index contributed by atoms with van der Waals surface area (Å²) in [6.45, 7) is 2.61. The molecule has 0 bridgehead atoms. The molecule has 0 fully saturated rings. The smallest absolute Gasteiger partial charge is 0.204 e. The fraction of sp³-hybridized carbons (Fsp3) is 0.235. The van der Waals surface area contributed by atoms with Crippen LogP contribution < -0.4 is 0 Å². The van der Waals surface area contributed by atoms with Gasteiger partial charge in [-0.15, -0.1) is 0 Å². The molecule has 0 unspecified atom stereocenters. The second-order valence-corrected chi connectivity index (χ2v) is 5.20. The molecule has 0 atom stereocenters. The van der Waals surface area contributed by atoms with Crippen LogP contribution in [0.5, 0.6) is 5.88 Å². The molecule has 0 spiro atoms. The number of hydrogen-bond donors (Lipinski definition) is 1. The number of hydrogen-bond acceptors (Lipinski definition) is 5. The van der Waals surface area contributed by atoms with E-state index >= 15 is 0 Å². The van der Waals surface area contributed by atoms with Gasteiger partial charge in [0, 0.05) is 12.7 Å². The van der Waals surface area contributed by atoms with E-state index in [-0.39, 0.29) is 11.4 Å². The number of fused-ring (bicyclic) bond motifs is 1. The first-order valence-corrected chi connectivity index (χ1v) is 7.26. The average molecular weight is 311 g/mol. The van der Waals surface area contributed by atoms with Gasteiger partial charge in [0.05, 0.1) is 29.8 Å². The van der Waals surface area contributed by atoms with Gasteiger partial charge in [-0.1, -0.05) is 30.3 Å². The minimum Gasteiger partial charge on any atom is -0.494 e. The second-order valence-electron chi connectivity index (χ2n) is 5.20. The van der Waals surface area contributed by atoms with Crippen LogP contribution >= 0.6 is 0 Å². The fourth-order valence-electron chi connectivity index (χ4n) is 2.65. The highest BCUT2D eigenvalue weighted by Gasteiger charge is 2.21. The number of ether oxygens (including phenoxy) is 1. The maximum Gasteiger partial charge on any atom is 0.204 e. The summed E-state index contributed by atoms with van der Waals surface area (Å²) in [5.41, 5.74) is 2.28. The lowest BCUT2D eigenvalue weighted by atomic mass is 10.1. The molecule has 23 heavy (non-hydrogen) atoms. The first-order valence-electron chi connectivity index (χ1n) is 7.26. The van der Waals surface area contributed by atoms with Gasteiger partial charge in [0.15, 0.2) is 12.1 Å². The van der Waals surface area contributed by atoms with Gasteiger partial charge in [0.1, 0.15) is 5.65 Å². The molecule has 0 aliphatic carbocycles. The summed E-state index contributed by atoms with van der Waals surface area (Å²) in [7, 11) is 1.58. The van der Waals surface area contributed by atoms with Crippen molar-refractivity contribution in [1.29, 1.82) is 0 Å². The molecule has 0 aliphatic heterocycles. The summed E-state index contributed by atoms with van der Waals surface area (Å²) in [6, 6.07) is 9.59. The van der Waals surface area contributed by atoms with Crippen LogP contribution in [0.2, 0.25) is 0 Å². The maximum absolute atomic E-state index is 11.4. The van der Waals surface area contributed by atoms with Gasteiger partial charge in [0.25, 0.3) is 0 Å². The van der Waals surface area contributed by atoms with Crippen molar-refractivity contribution in [2.24, 2.45) is 0 Å². The number of benzene rings is 1. The van der Waals surface area contributed by atoms with E-state index < -0.39 is 0 Å². The predicted molar refractivity (Wildman–Crippen MR) is 86.6 cm³/mol. The third-order valence-corrected chi connectivity index (χ3v) is 3.76. The van der Waals surface area contributed by atoms with Crippen LogP contribution in [-0.4, -0.2) is 39.6 Å². The summed E-state index contributed by atoms with van der Waals surface area (Å²) in [5, 5.41) is 10.9. The average Bonchev–Trinajstić information content (AvgIpc) is 2.85. The standard InChI is InChI=1S/C17H17N3O3/c1-11-14-13(10-21)17(22)20(8-9-23-2)16(14)19-15(18-11)12-6-4-3-5-7-12/h3-7,10,22H,8-9H2,1-2H3. The van der Waals surface area contributed by atoms with Gasteiger partial charge in [-0.2, -0.15) is 0 Å². The lowest BCUT2D eigenvalue weighted by Gasteiger charge is -2.07. The van der Waals surface area contributed by atoms with E-state index in [9.17, 15) is 9.90 Å². The highest BCUT2D eigenvalue weighted by atomic mass is 16.5.